The molecule has 0 aromatic carbocycles. The van der Waals surface area contributed by atoms with Crippen molar-refractivity contribution in [3.05, 3.63) is 6.07 Å². The molecule has 0 saturated carbocycles. The maximum Gasteiger partial charge on any atom is 0.367 e. The molecule has 1 aliphatic heterocycles. The van der Waals surface area contributed by atoms with Crippen molar-refractivity contribution in [2.45, 2.75) is 17.7 Å². The van der Waals surface area contributed by atoms with Crippen LogP contribution in [0.25, 0.3) is 0 Å². The number of aromatic nitrogens is 2. The predicted molar refractivity (Wildman–Crippen MR) is 92.5 cm³/mol. The fourth-order valence-electron chi connectivity index (χ4n) is 1.98. The van der Waals surface area contributed by atoms with Gasteiger partial charge in [-0.15, -0.1) is 11.8 Å². The number of amides is 2. The highest BCUT2D eigenvalue weighted by Crippen LogP contribution is 2.33. The lowest BCUT2D eigenvalue weighted by molar-refractivity contribution is -0.139. The van der Waals surface area contributed by atoms with Crippen molar-refractivity contribution >= 4 is 33.8 Å². The maximum absolute atomic E-state index is 12.3. The first-order chi connectivity index (χ1) is 12.3. The van der Waals surface area contributed by atoms with Gasteiger partial charge in [0.15, 0.2) is 0 Å². The molecular weight excluding hydrogens is 388 g/mol. The first kappa shape index (κ1) is 20.3. The van der Waals surface area contributed by atoms with E-state index in [-0.39, 0.29) is 23.8 Å². The van der Waals surface area contributed by atoms with E-state index in [0.29, 0.717) is 5.75 Å². The molecule has 2 amide bonds. The van der Waals surface area contributed by atoms with Crippen LogP contribution in [0.2, 0.25) is 0 Å². The second-order valence-electron chi connectivity index (χ2n) is 4.93. The van der Waals surface area contributed by atoms with Crippen molar-refractivity contribution in [1.29, 1.82) is 0 Å². The Balaban J connectivity index is 2.09. The highest BCUT2D eigenvalue weighted by molar-refractivity contribution is 8.13. The van der Waals surface area contributed by atoms with Crippen LogP contribution >= 0.6 is 11.8 Å². The summed E-state index contributed by atoms with van der Waals surface area (Å²) in [5.41, 5.74) is 0. The zero-order chi connectivity index (χ0) is 19.3. The number of sulfonamides is 1. The Labute approximate surface area is 154 Å². The molecule has 26 heavy (non-hydrogen) atoms. The summed E-state index contributed by atoms with van der Waals surface area (Å²) in [5.74, 6) is 0.647. The van der Waals surface area contributed by atoms with Crippen molar-refractivity contribution in [3.8, 4) is 11.8 Å². The Morgan fingerprint density at radius 1 is 1.31 bits per heavy atom. The SMILES string of the molecule is COc1cc(OC)nc(NC(=O)N=NS(=O)(=O)C2SCC(C)N2OC)n1. The number of rotatable bonds is 6. The van der Waals surface area contributed by atoms with Crippen molar-refractivity contribution in [1.82, 2.24) is 15.0 Å². The van der Waals surface area contributed by atoms with Gasteiger partial charge in [0.25, 0.3) is 10.0 Å². The van der Waals surface area contributed by atoms with Crippen LogP contribution in [0.1, 0.15) is 6.92 Å². The minimum atomic E-state index is -4.10. The van der Waals surface area contributed by atoms with Crippen LogP contribution < -0.4 is 14.8 Å². The molecule has 1 fully saturated rings. The predicted octanol–water partition coefficient (Wildman–Crippen LogP) is 1.09. The Morgan fingerprint density at radius 2 is 1.92 bits per heavy atom. The van der Waals surface area contributed by atoms with E-state index < -0.39 is 20.8 Å². The molecule has 2 heterocycles. The van der Waals surface area contributed by atoms with E-state index in [4.69, 9.17) is 14.3 Å². The molecule has 12 nitrogen and oxygen atoms in total. The highest BCUT2D eigenvalue weighted by atomic mass is 32.3. The normalized spacial score (nSPS) is 21.1. The van der Waals surface area contributed by atoms with Gasteiger partial charge in [-0.25, -0.2) is 13.2 Å². The van der Waals surface area contributed by atoms with Crippen molar-refractivity contribution in [3.63, 3.8) is 0 Å². The number of nitrogens with one attached hydrogen (secondary N) is 1. The van der Waals surface area contributed by atoms with Gasteiger partial charge in [-0.2, -0.15) is 15.0 Å². The topological polar surface area (TPSA) is 145 Å². The third-order valence-corrected chi connectivity index (χ3v) is 6.48. The number of thioether (sulfide) groups is 1. The van der Waals surface area contributed by atoms with Gasteiger partial charge in [0.1, 0.15) is 0 Å². The van der Waals surface area contributed by atoms with Crippen LogP contribution in [0, 0.1) is 0 Å². The Bertz CT molecular complexity index is 766. The van der Waals surface area contributed by atoms with Gasteiger partial charge in [0.05, 0.1) is 27.4 Å². The molecule has 0 spiro atoms. The molecule has 0 bridgehead atoms. The summed E-state index contributed by atoms with van der Waals surface area (Å²) in [7, 11) is 0.0203. The second kappa shape index (κ2) is 8.57. The third kappa shape index (κ3) is 4.78. The fourth-order valence-corrected chi connectivity index (χ4v) is 4.88. The number of carbonyl (C=O) groups excluding carboxylic acids is 1. The molecular formula is C12H18N6O6S2. The number of hydrogen-bond donors (Lipinski definition) is 1. The van der Waals surface area contributed by atoms with Gasteiger partial charge in [0, 0.05) is 11.8 Å². The molecule has 0 radical (unpaired) electrons. The van der Waals surface area contributed by atoms with Crippen LogP contribution in [-0.4, -0.2) is 67.3 Å². The standard InChI is InChI=1S/C12H18N6O6S2/c1-7-6-25-12(18(7)24-4)26(20,21)17-16-11(19)15-10-13-8(22-2)5-9(14-10)23-3/h5,7,12H,6H2,1-4H3,(H,13,14,15,19). The fraction of sp³-hybridized carbons (Fsp3) is 0.583. The summed E-state index contributed by atoms with van der Waals surface area (Å²) in [4.78, 5) is 24.6. The summed E-state index contributed by atoms with van der Waals surface area (Å²) in [5, 5.41) is 6.65. The van der Waals surface area contributed by atoms with E-state index in [2.05, 4.69) is 24.9 Å². The van der Waals surface area contributed by atoms with Gasteiger partial charge in [0.2, 0.25) is 22.4 Å². The lowest BCUT2D eigenvalue weighted by Crippen LogP contribution is -2.37. The van der Waals surface area contributed by atoms with Crippen LogP contribution in [0.3, 0.4) is 0 Å². The van der Waals surface area contributed by atoms with E-state index in [0.717, 1.165) is 11.8 Å². The molecule has 1 saturated heterocycles. The number of anilines is 1. The Kier molecular flexibility index (Phi) is 6.69. The second-order valence-corrected chi connectivity index (χ2v) is 7.99. The van der Waals surface area contributed by atoms with Gasteiger partial charge in [-0.1, -0.05) is 9.63 Å². The maximum atomic E-state index is 12.3. The monoisotopic (exact) mass is 406 g/mol. The summed E-state index contributed by atoms with van der Waals surface area (Å²) in [6.45, 7) is 1.81. The van der Waals surface area contributed by atoms with Crippen molar-refractivity contribution in [2.75, 3.05) is 32.4 Å². The number of hydroxylamine groups is 2. The largest absolute Gasteiger partial charge is 0.481 e. The first-order valence-electron chi connectivity index (χ1n) is 7.19. The zero-order valence-electron chi connectivity index (χ0n) is 14.4. The number of carbonyl (C=O) groups is 1. The van der Waals surface area contributed by atoms with Crippen LogP contribution in [0.5, 0.6) is 11.8 Å². The number of methoxy groups -OCH3 is 2. The summed E-state index contributed by atoms with van der Waals surface area (Å²) < 4.78 is 36.5. The molecule has 0 aliphatic carbocycles. The zero-order valence-corrected chi connectivity index (χ0v) is 16.1. The molecule has 2 unspecified atom stereocenters. The highest BCUT2D eigenvalue weighted by Gasteiger charge is 2.41. The average Bonchev–Trinajstić information content (AvgIpc) is 3.01. The Hall–Kier alpha value is -2.03. The number of ether oxygens (including phenoxy) is 2. The summed E-state index contributed by atoms with van der Waals surface area (Å²) in [6, 6.07) is 0.217. The summed E-state index contributed by atoms with van der Waals surface area (Å²) in [6.07, 6.45) is 0. The van der Waals surface area contributed by atoms with Gasteiger partial charge < -0.3 is 9.47 Å². The quantitative estimate of drug-likeness (QED) is 0.681. The minimum Gasteiger partial charge on any atom is -0.481 e. The molecule has 1 aromatic heterocycles. The molecule has 1 aromatic rings. The van der Waals surface area contributed by atoms with Crippen LogP contribution in [0.4, 0.5) is 10.7 Å². The van der Waals surface area contributed by atoms with Crippen molar-refractivity contribution < 1.29 is 27.5 Å². The molecule has 2 rings (SSSR count). The molecule has 144 valence electrons. The summed E-state index contributed by atoms with van der Waals surface area (Å²) >= 11 is 1.13. The number of hydrogen-bond acceptors (Lipinski definition) is 10. The van der Waals surface area contributed by atoms with Crippen LogP contribution in [-0.2, 0) is 14.9 Å². The molecule has 1 N–H and O–H groups in total. The number of nitrogens with zero attached hydrogens (tertiary/aromatic N) is 5. The third-order valence-electron chi connectivity index (χ3n) is 3.15. The molecule has 2 atom stereocenters. The smallest absolute Gasteiger partial charge is 0.367 e. The van der Waals surface area contributed by atoms with E-state index in [9.17, 15) is 13.2 Å². The van der Waals surface area contributed by atoms with Gasteiger partial charge in [-0.05, 0) is 6.92 Å². The van der Waals surface area contributed by atoms with Gasteiger partial charge >= 0.3 is 6.03 Å². The molecule has 1 aliphatic rings. The minimum absolute atomic E-state index is 0.119. The van der Waals surface area contributed by atoms with E-state index >= 15 is 0 Å². The van der Waals surface area contributed by atoms with Gasteiger partial charge in [-0.3, -0.25) is 10.2 Å². The lowest BCUT2D eigenvalue weighted by atomic mass is 10.4. The Morgan fingerprint density at radius 3 is 2.46 bits per heavy atom. The number of urea groups is 1. The lowest BCUT2D eigenvalue weighted by Gasteiger charge is -2.21. The first-order valence-corrected chi connectivity index (χ1v) is 9.75. The van der Waals surface area contributed by atoms with Crippen LogP contribution in [0.15, 0.2) is 15.7 Å². The van der Waals surface area contributed by atoms with E-state index in [1.165, 1.54) is 32.5 Å². The van der Waals surface area contributed by atoms with E-state index in [1.807, 2.05) is 6.92 Å². The van der Waals surface area contributed by atoms with E-state index in [1.54, 1.807) is 0 Å². The van der Waals surface area contributed by atoms with Crippen molar-refractivity contribution in [2.24, 2.45) is 9.63 Å². The average molecular weight is 406 g/mol. The molecule has 14 heteroatoms.